The van der Waals surface area contributed by atoms with Gasteiger partial charge in [0, 0.05) is 38.3 Å². The van der Waals surface area contributed by atoms with E-state index in [-0.39, 0.29) is 18.9 Å². The molecule has 2 aromatic rings. The van der Waals surface area contributed by atoms with Gasteiger partial charge in [0.05, 0.1) is 6.54 Å². The van der Waals surface area contributed by atoms with E-state index in [1.165, 1.54) is 5.56 Å². The van der Waals surface area contributed by atoms with Gasteiger partial charge in [0.2, 0.25) is 11.7 Å². The van der Waals surface area contributed by atoms with E-state index >= 15 is 0 Å². The van der Waals surface area contributed by atoms with Crippen LogP contribution in [-0.2, 0) is 20.8 Å². The van der Waals surface area contributed by atoms with Crippen molar-refractivity contribution in [3.05, 3.63) is 65.2 Å². The average molecular weight is 393 g/mol. The van der Waals surface area contributed by atoms with Crippen molar-refractivity contribution in [3.8, 4) is 0 Å². The minimum atomic E-state index is -0.708. The van der Waals surface area contributed by atoms with Gasteiger partial charge in [-0.25, -0.2) is 0 Å². The maximum atomic E-state index is 12.4. The molecule has 0 aromatic heterocycles. The first-order valence-corrected chi connectivity index (χ1v) is 9.89. The first kappa shape index (κ1) is 20.6. The number of benzene rings is 2. The molecule has 1 aliphatic rings. The topological polar surface area (TPSA) is 69.7 Å². The Hall–Kier alpha value is -3.15. The second kappa shape index (κ2) is 9.37. The second-order valence-electron chi connectivity index (χ2n) is 7.41. The van der Waals surface area contributed by atoms with Crippen LogP contribution in [0.3, 0.4) is 0 Å². The molecule has 2 amide bonds. The van der Waals surface area contributed by atoms with Gasteiger partial charge >= 0.3 is 0 Å². The maximum absolute atomic E-state index is 12.4. The Morgan fingerprint density at radius 1 is 0.897 bits per heavy atom. The van der Waals surface area contributed by atoms with Crippen LogP contribution in [0, 0.1) is 13.8 Å². The Kier molecular flexibility index (Phi) is 6.65. The third-order valence-electron chi connectivity index (χ3n) is 5.30. The number of carbonyl (C=O) groups is 3. The van der Waals surface area contributed by atoms with Gasteiger partial charge < -0.3 is 15.1 Å². The van der Waals surface area contributed by atoms with Crippen molar-refractivity contribution < 1.29 is 14.4 Å². The third-order valence-corrected chi connectivity index (χ3v) is 5.30. The van der Waals surface area contributed by atoms with Gasteiger partial charge in [0.1, 0.15) is 0 Å². The predicted octanol–water partition coefficient (Wildman–Crippen LogP) is 1.88. The summed E-state index contributed by atoms with van der Waals surface area (Å²) in [6.45, 7) is 6.49. The molecule has 152 valence electrons. The highest BCUT2D eigenvalue weighted by atomic mass is 16.2. The fourth-order valence-electron chi connectivity index (χ4n) is 3.40. The van der Waals surface area contributed by atoms with Gasteiger partial charge in [0.25, 0.3) is 5.91 Å². The first-order valence-electron chi connectivity index (χ1n) is 9.89. The summed E-state index contributed by atoms with van der Waals surface area (Å²) in [5.74, 6) is -1.40. The number of amides is 2. The maximum Gasteiger partial charge on any atom is 0.288 e. The van der Waals surface area contributed by atoms with Gasteiger partial charge in [-0.3, -0.25) is 14.4 Å². The third kappa shape index (κ3) is 5.44. The monoisotopic (exact) mass is 393 g/mol. The molecule has 3 rings (SSSR count). The van der Waals surface area contributed by atoms with E-state index in [0.717, 1.165) is 29.9 Å². The normalized spacial score (nSPS) is 13.9. The molecule has 0 spiro atoms. The summed E-state index contributed by atoms with van der Waals surface area (Å²) in [5.41, 5.74) is 4.16. The van der Waals surface area contributed by atoms with Crippen LogP contribution in [0.4, 0.5) is 5.69 Å². The van der Waals surface area contributed by atoms with Crippen molar-refractivity contribution in [2.24, 2.45) is 0 Å². The zero-order valence-corrected chi connectivity index (χ0v) is 17.0. The molecule has 2 aromatic carbocycles. The molecule has 1 N–H and O–H groups in total. The van der Waals surface area contributed by atoms with E-state index in [0.29, 0.717) is 13.1 Å². The molecule has 0 radical (unpaired) electrons. The number of carbonyl (C=O) groups excluding carboxylic acids is 3. The van der Waals surface area contributed by atoms with Crippen LogP contribution >= 0.6 is 0 Å². The zero-order chi connectivity index (χ0) is 20.8. The molecule has 1 aliphatic heterocycles. The number of Topliss-reactive ketones (excluding diaryl/α,β-unsaturated/α-hetero) is 1. The Labute approximate surface area is 171 Å². The highest BCUT2D eigenvalue weighted by molar-refractivity contribution is 6.36. The molecule has 1 fully saturated rings. The number of nitrogens with zero attached hydrogens (tertiary/aromatic N) is 2. The van der Waals surface area contributed by atoms with E-state index in [2.05, 4.69) is 41.4 Å². The van der Waals surface area contributed by atoms with Crippen molar-refractivity contribution in [1.82, 2.24) is 10.2 Å². The van der Waals surface area contributed by atoms with Gasteiger partial charge in [-0.05, 0) is 37.1 Å². The van der Waals surface area contributed by atoms with Crippen LogP contribution in [0.15, 0.2) is 48.5 Å². The van der Waals surface area contributed by atoms with Gasteiger partial charge in [-0.1, -0.05) is 42.0 Å². The van der Waals surface area contributed by atoms with Crippen LogP contribution in [-0.4, -0.2) is 55.2 Å². The molecule has 6 nitrogen and oxygen atoms in total. The minimum absolute atomic E-state index is 0.0436. The van der Waals surface area contributed by atoms with Crippen molar-refractivity contribution in [1.29, 1.82) is 0 Å². The Morgan fingerprint density at radius 2 is 1.55 bits per heavy atom. The lowest BCUT2D eigenvalue weighted by Crippen LogP contribution is -2.51. The van der Waals surface area contributed by atoms with Crippen LogP contribution < -0.4 is 10.2 Å². The zero-order valence-electron chi connectivity index (χ0n) is 17.0. The molecule has 0 unspecified atom stereocenters. The molecule has 1 saturated heterocycles. The molecule has 0 saturated carbocycles. The van der Waals surface area contributed by atoms with Crippen LogP contribution in [0.2, 0.25) is 0 Å². The van der Waals surface area contributed by atoms with Crippen molar-refractivity contribution in [2.75, 3.05) is 37.6 Å². The summed E-state index contributed by atoms with van der Waals surface area (Å²) in [7, 11) is 0. The van der Waals surface area contributed by atoms with Crippen molar-refractivity contribution in [2.45, 2.75) is 20.3 Å². The van der Waals surface area contributed by atoms with Gasteiger partial charge in [-0.2, -0.15) is 0 Å². The predicted molar refractivity (Wildman–Crippen MR) is 113 cm³/mol. The lowest BCUT2D eigenvalue weighted by molar-refractivity contribution is -0.139. The summed E-state index contributed by atoms with van der Waals surface area (Å²) in [6.07, 6.45) is 0.0436. The quantitative estimate of drug-likeness (QED) is 0.761. The molecular weight excluding hydrogens is 366 g/mol. The van der Waals surface area contributed by atoms with Crippen LogP contribution in [0.1, 0.15) is 16.7 Å². The number of hydrogen-bond acceptors (Lipinski definition) is 4. The highest BCUT2D eigenvalue weighted by Gasteiger charge is 2.22. The Balaban J connectivity index is 1.43. The highest BCUT2D eigenvalue weighted by Crippen LogP contribution is 2.17. The largest absolute Gasteiger partial charge is 0.368 e. The van der Waals surface area contributed by atoms with Crippen LogP contribution in [0.5, 0.6) is 0 Å². The average Bonchev–Trinajstić information content (AvgIpc) is 2.74. The van der Waals surface area contributed by atoms with Gasteiger partial charge in [0.15, 0.2) is 0 Å². The molecule has 0 aliphatic carbocycles. The summed E-state index contributed by atoms with van der Waals surface area (Å²) in [6, 6.07) is 15.8. The Morgan fingerprint density at radius 3 is 2.21 bits per heavy atom. The molecule has 0 atom stereocenters. The number of aryl methyl sites for hydroxylation is 2. The van der Waals surface area contributed by atoms with Crippen molar-refractivity contribution in [3.63, 3.8) is 0 Å². The summed E-state index contributed by atoms with van der Waals surface area (Å²) in [4.78, 5) is 40.6. The first-order chi connectivity index (χ1) is 13.9. The molecule has 1 heterocycles. The fraction of sp³-hybridized carbons (Fsp3) is 0.348. The summed E-state index contributed by atoms with van der Waals surface area (Å²) < 4.78 is 0. The number of rotatable bonds is 6. The lowest BCUT2D eigenvalue weighted by atomic mass is 10.0. The standard InChI is InChI=1S/C23H27N3O3/c1-17-7-9-20(10-8-17)25-11-13-26(14-12-25)22(28)16-24-23(29)21(27)15-19-6-4-3-5-18(19)2/h3-10H,11-16H2,1-2H3,(H,24,29). The smallest absolute Gasteiger partial charge is 0.288 e. The van der Waals surface area contributed by atoms with Crippen LogP contribution in [0.25, 0.3) is 0 Å². The number of anilines is 1. The number of ketones is 1. The van der Waals surface area contributed by atoms with E-state index in [4.69, 9.17) is 0 Å². The van der Waals surface area contributed by atoms with E-state index in [9.17, 15) is 14.4 Å². The minimum Gasteiger partial charge on any atom is -0.368 e. The Bertz CT molecular complexity index is 884. The number of hydrogen-bond donors (Lipinski definition) is 1. The summed E-state index contributed by atoms with van der Waals surface area (Å²) >= 11 is 0. The fourth-order valence-corrected chi connectivity index (χ4v) is 3.40. The molecule has 6 heteroatoms. The van der Waals surface area contributed by atoms with Crippen molar-refractivity contribution >= 4 is 23.3 Å². The molecule has 0 bridgehead atoms. The molecular formula is C23H27N3O3. The lowest BCUT2D eigenvalue weighted by Gasteiger charge is -2.36. The second-order valence-corrected chi connectivity index (χ2v) is 7.41. The van der Waals surface area contributed by atoms with E-state index in [1.807, 2.05) is 31.2 Å². The summed E-state index contributed by atoms with van der Waals surface area (Å²) in [5, 5.41) is 2.48. The van der Waals surface area contributed by atoms with Gasteiger partial charge in [-0.15, -0.1) is 0 Å². The van der Waals surface area contributed by atoms with E-state index in [1.54, 1.807) is 4.90 Å². The number of piperazine rings is 1. The molecule has 29 heavy (non-hydrogen) atoms. The van der Waals surface area contributed by atoms with E-state index < -0.39 is 11.7 Å². The SMILES string of the molecule is Cc1ccc(N2CCN(C(=O)CNC(=O)C(=O)Cc3ccccc3C)CC2)cc1. The number of nitrogens with one attached hydrogen (secondary N) is 1.